The van der Waals surface area contributed by atoms with Crippen LogP contribution in [0.5, 0.6) is 0 Å². The second-order valence-corrected chi connectivity index (χ2v) is 6.53. The third-order valence-electron chi connectivity index (χ3n) is 3.59. The van der Waals surface area contributed by atoms with Gasteiger partial charge in [0.1, 0.15) is 0 Å². The lowest BCUT2D eigenvalue weighted by molar-refractivity contribution is 0.229. The van der Waals surface area contributed by atoms with E-state index >= 15 is 0 Å². The van der Waals surface area contributed by atoms with E-state index in [1.54, 1.807) is 0 Å². The van der Waals surface area contributed by atoms with Crippen LogP contribution in [-0.2, 0) is 0 Å². The molecule has 0 saturated heterocycles. The number of thioether (sulfide) groups is 1. The van der Waals surface area contributed by atoms with Gasteiger partial charge in [-0.15, -0.1) is 11.8 Å². The number of rotatable bonds is 4. The molecule has 2 N–H and O–H groups in total. The molecular weight excluding hydrogens is 214 g/mol. The third kappa shape index (κ3) is 2.44. The van der Waals surface area contributed by atoms with Crippen LogP contribution in [0, 0.1) is 12.8 Å². The van der Waals surface area contributed by atoms with Gasteiger partial charge in [-0.05, 0) is 37.8 Å². The summed E-state index contributed by atoms with van der Waals surface area (Å²) in [6, 6.07) is 8.75. The van der Waals surface area contributed by atoms with E-state index in [1.807, 2.05) is 11.8 Å². The minimum absolute atomic E-state index is 0.328. The van der Waals surface area contributed by atoms with Crippen molar-refractivity contribution in [1.82, 2.24) is 0 Å². The zero-order chi connectivity index (χ0) is 11.6. The van der Waals surface area contributed by atoms with Crippen molar-refractivity contribution < 1.29 is 0 Å². The summed E-state index contributed by atoms with van der Waals surface area (Å²) in [4.78, 5) is 1.38. The molecule has 16 heavy (non-hydrogen) atoms. The summed E-state index contributed by atoms with van der Waals surface area (Å²) in [6.45, 7) is 5.24. The highest BCUT2D eigenvalue weighted by Gasteiger charge is 2.42. The quantitative estimate of drug-likeness (QED) is 0.863. The molecule has 0 amide bonds. The first-order valence-electron chi connectivity index (χ1n) is 6.13. The van der Waals surface area contributed by atoms with Crippen LogP contribution >= 0.6 is 11.8 Å². The summed E-state index contributed by atoms with van der Waals surface area (Å²) >= 11 is 1.99. The van der Waals surface area contributed by atoms with Crippen molar-refractivity contribution >= 4 is 11.8 Å². The normalized spacial score (nSPS) is 28.8. The Morgan fingerprint density at radius 1 is 1.44 bits per heavy atom. The number of benzene rings is 1. The third-order valence-corrected chi connectivity index (χ3v) is 5.02. The van der Waals surface area contributed by atoms with Gasteiger partial charge in [0, 0.05) is 16.2 Å². The average Bonchev–Trinajstić information content (AvgIpc) is 2.23. The monoisotopic (exact) mass is 235 g/mol. The molecule has 0 aliphatic heterocycles. The maximum Gasteiger partial charge on any atom is 0.0334 e. The Labute approximate surface area is 103 Å². The molecular formula is C14H21NS. The second-order valence-electron chi connectivity index (χ2n) is 4.99. The second kappa shape index (κ2) is 4.80. The lowest BCUT2D eigenvalue weighted by Gasteiger charge is -2.46. The molecule has 0 bridgehead atoms. The van der Waals surface area contributed by atoms with Crippen molar-refractivity contribution in [3.63, 3.8) is 0 Å². The fourth-order valence-corrected chi connectivity index (χ4v) is 4.11. The summed E-state index contributed by atoms with van der Waals surface area (Å²) in [7, 11) is 0. The molecule has 88 valence electrons. The van der Waals surface area contributed by atoms with E-state index in [-0.39, 0.29) is 0 Å². The van der Waals surface area contributed by atoms with Gasteiger partial charge in [0.05, 0.1) is 0 Å². The molecule has 1 fully saturated rings. The molecule has 0 heterocycles. The lowest BCUT2D eigenvalue weighted by Crippen LogP contribution is -2.46. The summed E-state index contributed by atoms with van der Waals surface area (Å²) in [5.74, 6) is 0.904. The predicted molar refractivity (Wildman–Crippen MR) is 71.8 cm³/mol. The van der Waals surface area contributed by atoms with Gasteiger partial charge in [0.15, 0.2) is 0 Å². The van der Waals surface area contributed by atoms with E-state index in [4.69, 9.17) is 5.73 Å². The summed E-state index contributed by atoms with van der Waals surface area (Å²) < 4.78 is 0.328. The Hall–Kier alpha value is -0.470. The molecule has 0 radical (unpaired) electrons. The van der Waals surface area contributed by atoms with E-state index in [2.05, 4.69) is 38.1 Å². The smallest absolute Gasteiger partial charge is 0.0334 e. The Morgan fingerprint density at radius 3 is 2.75 bits per heavy atom. The number of hydrogen-bond acceptors (Lipinski definition) is 2. The Kier molecular flexibility index (Phi) is 3.60. The molecule has 0 atom stereocenters. The molecule has 1 nitrogen and oxygen atoms in total. The molecule has 0 unspecified atom stereocenters. The van der Waals surface area contributed by atoms with E-state index in [0.29, 0.717) is 4.75 Å². The Balaban J connectivity index is 2.03. The topological polar surface area (TPSA) is 26.0 Å². The van der Waals surface area contributed by atoms with Gasteiger partial charge < -0.3 is 5.73 Å². The van der Waals surface area contributed by atoms with Crippen molar-refractivity contribution in [2.75, 3.05) is 6.54 Å². The standard InChI is InChI=1S/C14H21NS/c1-3-12-8-14(9-12,10-15)16-13-6-4-5-11(2)7-13/h4-7,12H,3,8-10,15H2,1-2H3. The van der Waals surface area contributed by atoms with Crippen molar-refractivity contribution in [1.29, 1.82) is 0 Å². The summed E-state index contributed by atoms with van der Waals surface area (Å²) in [5, 5.41) is 0. The maximum atomic E-state index is 5.95. The van der Waals surface area contributed by atoms with Gasteiger partial charge in [-0.1, -0.05) is 31.0 Å². The highest BCUT2D eigenvalue weighted by atomic mass is 32.2. The van der Waals surface area contributed by atoms with E-state index < -0.39 is 0 Å². The van der Waals surface area contributed by atoms with Gasteiger partial charge >= 0.3 is 0 Å². The van der Waals surface area contributed by atoms with E-state index in [0.717, 1.165) is 12.5 Å². The van der Waals surface area contributed by atoms with Gasteiger partial charge in [-0.2, -0.15) is 0 Å². The number of hydrogen-bond donors (Lipinski definition) is 1. The van der Waals surface area contributed by atoms with Crippen LogP contribution in [0.15, 0.2) is 29.2 Å². The first-order chi connectivity index (χ1) is 7.67. The fourth-order valence-electron chi connectivity index (χ4n) is 2.50. The Bertz CT molecular complexity index is 356. The number of aryl methyl sites for hydroxylation is 1. The molecule has 1 aromatic rings. The minimum Gasteiger partial charge on any atom is -0.329 e. The average molecular weight is 235 g/mol. The Morgan fingerprint density at radius 2 is 2.19 bits per heavy atom. The van der Waals surface area contributed by atoms with E-state index in [1.165, 1.54) is 29.7 Å². The first-order valence-corrected chi connectivity index (χ1v) is 6.95. The van der Waals surface area contributed by atoms with Gasteiger partial charge in [-0.3, -0.25) is 0 Å². The first kappa shape index (κ1) is 12.0. The molecule has 1 aliphatic rings. The maximum absolute atomic E-state index is 5.95. The molecule has 2 heteroatoms. The lowest BCUT2D eigenvalue weighted by atomic mass is 9.73. The molecule has 1 saturated carbocycles. The number of nitrogens with two attached hydrogens (primary N) is 1. The SMILES string of the molecule is CCC1CC(CN)(Sc2cccc(C)c2)C1. The molecule has 0 spiro atoms. The van der Waals surface area contributed by atoms with Crippen LogP contribution in [0.4, 0.5) is 0 Å². The van der Waals surface area contributed by atoms with Crippen LogP contribution in [0.25, 0.3) is 0 Å². The largest absolute Gasteiger partial charge is 0.329 e. The van der Waals surface area contributed by atoms with Gasteiger partial charge in [0.2, 0.25) is 0 Å². The highest BCUT2D eigenvalue weighted by Crippen LogP contribution is 2.51. The van der Waals surface area contributed by atoms with Crippen LogP contribution in [0.2, 0.25) is 0 Å². The van der Waals surface area contributed by atoms with Crippen molar-refractivity contribution in [2.45, 2.75) is 42.8 Å². The van der Waals surface area contributed by atoms with Crippen molar-refractivity contribution in [2.24, 2.45) is 11.7 Å². The van der Waals surface area contributed by atoms with Crippen LogP contribution in [0.3, 0.4) is 0 Å². The van der Waals surface area contributed by atoms with E-state index in [9.17, 15) is 0 Å². The highest BCUT2D eigenvalue weighted by molar-refractivity contribution is 8.00. The zero-order valence-electron chi connectivity index (χ0n) is 10.2. The molecule has 0 aromatic heterocycles. The van der Waals surface area contributed by atoms with Crippen LogP contribution in [0.1, 0.15) is 31.7 Å². The van der Waals surface area contributed by atoms with Gasteiger partial charge in [-0.25, -0.2) is 0 Å². The zero-order valence-corrected chi connectivity index (χ0v) is 11.0. The molecule has 1 aromatic carbocycles. The predicted octanol–water partition coefficient (Wildman–Crippen LogP) is 3.60. The molecule has 1 aliphatic carbocycles. The summed E-state index contributed by atoms with van der Waals surface area (Å²) in [5.41, 5.74) is 7.29. The summed E-state index contributed by atoms with van der Waals surface area (Å²) in [6.07, 6.45) is 3.88. The van der Waals surface area contributed by atoms with Crippen molar-refractivity contribution in [3.05, 3.63) is 29.8 Å². The minimum atomic E-state index is 0.328. The van der Waals surface area contributed by atoms with Crippen LogP contribution < -0.4 is 5.73 Å². The fraction of sp³-hybridized carbons (Fsp3) is 0.571. The molecule has 2 rings (SSSR count). The van der Waals surface area contributed by atoms with Gasteiger partial charge in [0.25, 0.3) is 0 Å². The van der Waals surface area contributed by atoms with Crippen molar-refractivity contribution in [3.8, 4) is 0 Å². The van der Waals surface area contributed by atoms with Crippen LogP contribution in [-0.4, -0.2) is 11.3 Å².